The minimum absolute atomic E-state index is 0.0646. The maximum Gasteiger partial charge on any atom is 0.193 e. The summed E-state index contributed by atoms with van der Waals surface area (Å²) in [6.07, 6.45) is 1.26. The fourth-order valence-electron chi connectivity index (χ4n) is 1.86. The van der Waals surface area contributed by atoms with Crippen LogP contribution in [0.15, 0.2) is 61.2 Å². The standard InChI is InChI=1S/C17H15NO2/c1-3-16(19)12-4-6-13(7-5-12)17(20)14-8-10-15(18-2)11-9-14/h3-11,18H,1H2,2H3. The van der Waals surface area contributed by atoms with E-state index in [2.05, 4.69) is 11.9 Å². The van der Waals surface area contributed by atoms with E-state index in [1.54, 1.807) is 36.4 Å². The van der Waals surface area contributed by atoms with E-state index in [9.17, 15) is 9.59 Å². The molecule has 0 heterocycles. The van der Waals surface area contributed by atoms with Gasteiger partial charge in [-0.15, -0.1) is 0 Å². The predicted octanol–water partition coefficient (Wildman–Crippen LogP) is 3.33. The van der Waals surface area contributed by atoms with Crippen LogP contribution in [0.5, 0.6) is 0 Å². The van der Waals surface area contributed by atoms with Crippen molar-refractivity contribution in [3.8, 4) is 0 Å². The first-order valence-corrected chi connectivity index (χ1v) is 6.25. The van der Waals surface area contributed by atoms with E-state index in [-0.39, 0.29) is 11.6 Å². The molecule has 20 heavy (non-hydrogen) atoms. The molecule has 0 spiro atoms. The molecule has 0 fully saturated rings. The number of nitrogens with one attached hydrogen (secondary N) is 1. The Kier molecular flexibility index (Phi) is 4.11. The van der Waals surface area contributed by atoms with Gasteiger partial charge >= 0.3 is 0 Å². The largest absolute Gasteiger partial charge is 0.388 e. The van der Waals surface area contributed by atoms with Gasteiger partial charge < -0.3 is 5.32 Å². The molecule has 0 bridgehead atoms. The molecule has 0 saturated carbocycles. The van der Waals surface area contributed by atoms with Gasteiger partial charge in [-0.05, 0) is 30.3 Å². The molecule has 2 aromatic carbocycles. The Labute approximate surface area is 117 Å². The Morgan fingerprint density at radius 3 is 1.80 bits per heavy atom. The third-order valence-corrected chi connectivity index (χ3v) is 3.05. The Morgan fingerprint density at radius 1 is 0.900 bits per heavy atom. The smallest absolute Gasteiger partial charge is 0.193 e. The second kappa shape index (κ2) is 5.97. The molecule has 0 unspecified atom stereocenters. The molecule has 0 amide bonds. The zero-order valence-corrected chi connectivity index (χ0v) is 11.2. The van der Waals surface area contributed by atoms with Crippen LogP contribution in [0.3, 0.4) is 0 Å². The molecule has 0 aliphatic rings. The molecule has 0 radical (unpaired) electrons. The Bertz CT molecular complexity index is 640. The molecule has 0 aliphatic carbocycles. The van der Waals surface area contributed by atoms with Crippen LogP contribution in [0.2, 0.25) is 0 Å². The summed E-state index contributed by atoms with van der Waals surface area (Å²) < 4.78 is 0. The van der Waals surface area contributed by atoms with Crippen LogP contribution in [0.1, 0.15) is 26.3 Å². The molecule has 0 atom stereocenters. The van der Waals surface area contributed by atoms with Crippen molar-refractivity contribution < 1.29 is 9.59 Å². The minimum atomic E-state index is -0.151. The van der Waals surface area contributed by atoms with Crippen molar-refractivity contribution in [1.29, 1.82) is 0 Å². The summed E-state index contributed by atoms with van der Waals surface area (Å²) in [4.78, 5) is 23.7. The zero-order chi connectivity index (χ0) is 14.5. The molecule has 0 aromatic heterocycles. The van der Waals surface area contributed by atoms with Gasteiger partial charge in [0.25, 0.3) is 0 Å². The summed E-state index contributed by atoms with van der Waals surface area (Å²) in [6.45, 7) is 3.44. The molecular weight excluding hydrogens is 250 g/mol. The predicted molar refractivity (Wildman–Crippen MR) is 80.4 cm³/mol. The third kappa shape index (κ3) is 2.83. The number of allylic oxidation sites excluding steroid dienone is 1. The number of benzene rings is 2. The number of hydrogen-bond acceptors (Lipinski definition) is 3. The monoisotopic (exact) mass is 265 g/mol. The summed E-state index contributed by atoms with van der Waals surface area (Å²) in [5.41, 5.74) is 2.66. The van der Waals surface area contributed by atoms with Crippen molar-refractivity contribution in [3.63, 3.8) is 0 Å². The summed E-state index contributed by atoms with van der Waals surface area (Å²) in [5.74, 6) is -0.215. The van der Waals surface area contributed by atoms with Gasteiger partial charge in [0.15, 0.2) is 11.6 Å². The maximum absolute atomic E-state index is 12.3. The van der Waals surface area contributed by atoms with Crippen LogP contribution in [-0.4, -0.2) is 18.6 Å². The van der Waals surface area contributed by atoms with Gasteiger partial charge in [0.1, 0.15) is 0 Å². The Morgan fingerprint density at radius 2 is 1.35 bits per heavy atom. The van der Waals surface area contributed by atoms with Gasteiger partial charge in [0.2, 0.25) is 0 Å². The topological polar surface area (TPSA) is 46.2 Å². The summed E-state index contributed by atoms with van der Waals surface area (Å²) in [5, 5.41) is 3.00. The van der Waals surface area contributed by atoms with Gasteiger partial charge in [-0.25, -0.2) is 0 Å². The summed E-state index contributed by atoms with van der Waals surface area (Å²) in [6, 6.07) is 13.8. The number of ketones is 2. The molecule has 2 rings (SSSR count). The van der Waals surface area contributed by atoms with Crippen molar-refractivity contribution in [2.45, 2.75) is 0 Å². The van der Waals surface area contributed by atoms with Gasteiger partial charge in [0, 0.05) is 29.4 Å². The van der Waals surface area contributed by atoms with Gasteiger partial charge in [-0.3, -0.25) is 9.59 Å². The molecule has 0 saturated heterocycles. The second-order valence-electron chi connectivity index (χ2n) is 4.30. The molecule has 1 N–H and O–H groups in total. The maximum atomic E-state index is 12.3. The van der Waals surface area contributed by atoms with Gasteiger partial charge in [-0.2, -0.15) is 0 Å². The first kappa shape index (κ1) is 13.7. The number of carbonyl (C=O) groups excluding carboxylic acids is 2. The average Bonchev–Trinajstić information content (AvgIpc) is 2.53. The first-order valence-electron chi connectivity index (χ1n) is 6.25. The number of anilines is 1. The van der Waals surface area contributed by atoms with E-state index >= 15 is 0 Å². The van der Waals surface area contributed by atoms with E-state index in [1.807, 2.05) is 19.2 Å². The Balaban J connectivity index is 2.24. The zero-order valence-electron chi connectivity index (χ0n) is 11.2. The van der Waals surface area contributed by atoms with Crippen molar-refractivity contribution in [3.05, 3.63) is 77.9 Å². The molecule has 3 heteroatoms. The second-order valence-corrected chi connectivity index (χ2v) is 4.30. The molecule has 100 valence electrons. The highest BCUT2D eigenvalue weighted by atomic mass is 16.1. The quantitative estimate of drug-likeness (QED) is 0.666. The van der Waals surface area contributed by atoms with Gasteiger partial charge in [-0.1, -0.05) is 30.8 Å². The Hall–Kier alpha value is -2.68. The lowest BCUT2D eigenvalue weighted by Crippen LogP contribution is -2.02. The van der Waals surface area contributed by atoms with E-state index < -0.39 is 0 Å². The lowest BCUT2D eigenvalue weighted by molar-refractivity contribution is 0.103. The van der Waals surface area contributed by atoms with Crippen LogP contribution in [0, 0.1) is 0 Å². The summed E-state index contributed by atoms with van der Waals surface area (Å²) >= 11 is 0. The highest BCUT2D eigenvalue weighted by molar-refractivity contribution is 6.10. The molecule has 2 aromatic rings. The lowest BCUT2D eigenvalue weighted by Gasteiger charge is -2.04. The SMILES string of the molecule is C=CC(=O)c1ccc(C(=O)c2ccc(NC)cc2)cc1. The number of rotatable bonds is 5. The van der Waals surface area contributed by atoms with Crippen molar-refractivity contribution in [2.24, 2.45) is 0 Å². The number of carbonyl (C=O) groups is 2. The van der Waals surface area contributed by atoms with Crippen molar-refractivity contribution >= 4 is 17.3 Å². The van der Waals surface area contributed by atoms with E-state index in [0.29, 0.717) is 16.7 Å². The molecule has 0 aliphatic heterocycles. The van der Waals surface area contributed by atoms with E-state index in [4.69, 9.17) is 0 Å². The fourth-order valence-corrected chi connectivity index (χ4v) is 1.86. The molecule has 3 nitrogen and oxygen atoms in total. The fraction of sp³-hybridized carbons (Fsp3) is 0.0588. The third-order valence-electron chi connectivity index (χ3n) is 3.05. The summed E-state index contributed by atoms with van der Waals surface area (Å²) in [7, 11) is 1.83. The van der Waals surface area contributed by atoms with Crippen LogP contribution >= 0.6 is 0 Å². The normalized spacial score (nSPS) is 9.85. The van der Waals surface area contributed by atoms with E-state index in [0.717, 1.165) is 5.69 Å². The molecular formula is C17H15NO2. The highest BCUT2D eigenvalue weighted by Gasteiger charge is 2.09. The highest BCUT2D eigenvalue weighted by Crippen LogP contribution is 2.14. The first-order chi connectivity index (χ1) is 9.65. The van der Waals surface area contributed by atoms with Crippen molar-refractivity contribution in [2.75, 3.05) is 12.4 Å². The average molecular weight is 265 g/mol. The van der Waals surface area contributed by atoms with Crippen LogP contribution in [0.4, 0.5) is 5.69 Å². The van der Waals surface area contributed by atoms with Crippen LogP contribution in [-0.2, 0) is 0 Å². The number of hydrogen-bond donors (Lipinski definition) is 1. The van der Waals surface area contributed by atoms with Crippen LogP contribution in [0.25, 0.3) is 0 Å². The van der Waals surface area contributed by atoms with Gasteiger partial charge in [0.05, 0.1) is 0 Å². The van der Waals surface area contributed by atoms with E-state index in [1.165, 1.54) is 6.08 Å². The lowest BCUT2D eigenvalue weighted by atomic mass is 10.0. The minimum Gasteiger partial charge on any atom is -0.388 e. The van der Waals surface area contributed by atoms with Crippen molar-refractivity contribution in [1.82, 2.24) is 0 Å². The van der Waals surface area contributed by atoms with Crippen LogP contribution < -0.4 is 5.32 Å².